The Kier molecular flexibility index (Phi) is 5.72. The Morgan fingerprint density at radius 1 is 1.31 bits per heavy atom. The fourth-order valence-electron chi connectivity index (χ4n) is 2.42. The Hall–Kier alpha value is -2.20. The third-order valence-corrected chi connectivity index (χ3v) is 5.25. The van der Waals surface area contributed by atoms with Crippen molar-refractivity contribution in [3.63, 3.8) is 0 Å². The Labute approximate surface area is 163 Å². The van der Waals surface area contributed by atoms with Crippen molar-refractivity contribution >= 4 is 39.3 Å². The predicted octanol–water partition coefficient (Wildman–Crippen LogP) is 2.97. The highest BCUT2D eigenvalue weighted by Gasteiger charge is 2.13. The summed E-state index contributed by atoms with van der Waals surface area (Å²) < 4.78 is 4.31. The first-order valence-corrected chi connectivity index (χ1v) is 9.54. The van der Waals surface area contributed by atoms with Crippen LogP contribution in [0.25, 0.3) is 0 Å². The van der Waals surface area contributed by atoms with Crippen LogP contribution in [0.1, 0.15) is 17.8 Å². The maximum atomic E-state index is 12.4. The summed E-state index contributed by atoms with van der Waals surface area (Å²) >= 11 is 4.84. The van der Waals surface area contributed by atoms with Gasteiger partial charge in [0.05, 0.1) is 11.4 Å². The van der Waals surface area contributed by atoms with Crippen molar-refractivity contribution in [1.82, 2.24) is 30.0 Å². The molecule has 0 fully saturated rings. The zero-order valence-corrected chi connectivity index (χ0v) is 17.0. The van der Waals surface area contributed by atoms with Gasteiger partial charge in [-0.1, -0.05) is 15.9 Å². The quantitative estimate of drug-likeness (QED) is 0.639. The average Bonchev–Trinajstić information content (AvgIpc) is 3.13. The molecule has 8 nitrogen and oxygen atoms in total. The van der Waals surface area contributed by atoms with Crippen molar-refractivity contribution in [3.8, 4) is 0 Å². The molecule has 0 bridgehead atoms. The van der Waals surface area contributed by atoms with E-state index in [2.05, 4.69) is 41.9 Å². The van der Waals surface area contributed by atoms with Crippen LogP contribution >= 0.6 is 27.7 Å². The van der Waals surface area contributed by atoms with Gasteiger partial charge in [0.25, 0.3) is 0 Å². The highest BCUT2D eigenvalue weighted by Crippen LogP contribution is 2.33. The lowest BCUT2D eigenvalue weighted by molar-refractivity contribution is -0.116. The van der Waals surface area contributed by atoms with Gasteiger partial charge in [0.2, 0.25) is 11.1 Å². The van der Waals surface area contributed by atoms with Crippen molar-refractivity contribution in [2.45, 2.75) is 36.9 Å². The van der Waals surface area contributed by atoms with Crippen LogP contribution in [0.2, 0.25) is 0 Å². The number of carbonyl (C=O) groups is 1. The number of aryl methyl sites for hydroxylation is 4. The summed E-state index contributed by atoms with van der Waals surface area (Å²) in [4.78, 5) is 13.3. The van der Waals surface area contributed by atoms with Crippen molar-refractivity contribution in [1.29, 1.82) is 0 Å². The molecule has 0 aliphatic rings. The molecule has 2 aromatic heterocycles. The van der Waals surface area contributed by atoms with E-state index >= 15 is 0 Å². The number of hydrogen-bond acceptors (Lipinski definition) is 6. The second kappa shape index (κ2) is 8.00. The number of benzene rings is 1. The molecule has 0 unspecified atom stereocenters. The van der Waals surface area contributed by atoms with Crippen molar-refractivity contribution in [2.24, 2.45) is 7.05 Å². The van der Waals surface area contributed by atoms with E-state index in [1.54, 1.807) is 11.7 Å². The average molecular weight is 436 g/mol. The zero-order valence-electron chi connectivity index (χ0n) is 14.6. The molecule has 0 saturated carbocycles. The SMILES string of the molecule is Cc1cc(C)n(CCC(=O)Nc2cc(Br)ccc2Sc2nnnn2C)n1. The summed E-state index contributed by atoms with van der Waals surface area (Å²) in [5.41, 5.74) is 2.71. The number of carbonyl (C=O) groups excluding carboxylic acids is 1. The largest absolute Gasteiger partial charge is 0.325 e. The zero-order chi connectivity index (χ0) is 18.7. The summed E-state index contributed by atoms with van der Waals surface area (Å²) in [6, 6.07) is 7.70. The maximum Gasteiger partial charge on any atom is 0.226 e. The fraction of sp³-hybridized carbons (Fsp3) is 0.312. The second-order valence-corrected chi connectivity index (χ2v) is 7.70. The summed E-state index contributed by atoms with van der Waals surface area (Å²) in [5.74, 6) is -0.0754. The number of rotatable bonds is 6. The minimum absolute atomic E-state index is 0.0754. The molecule has 10 heteroatoms. The van der Waals surface area contributed by atoms with Crippen LogP contribution in [0.15, 0.2) is 38.8 Å². The first kappa shape index (κ1) is 18.6. The van der Waals surface area contributed by atoms with Crippen LogP contribution in [0, 0.1) is 13.8 Å². The van der Waals surface area contributed by atoms with E-state index in [4.69, 9.17) is 0 Å². The van der Waals surface area contributed by atoms with Gasteiger partial charge in [0.1, 0.15) is 0 Å². The van der Waals surface area contributed by atoms with Crippen molar-refractivity contribution in [2.75, 3.05) is 5.32 Å². The number of nitrogens with zero attached hydrogens (tertiary/aromatic N) is 6. The molecular formula is C16H18BrN7OS. The highest BCUT2D eigenvalue weighted by atomic mass is 79.9. The monoisotopic (exact) mass is 435 g/mol. The molecule has 0 spiro atoms. The summed E-state index contributed by atoms with van der Waals surface area (Å²) in [6.45, 7) is 4.46. The van der Waals surface area contributed by atoms with E-state index in [0.717, 1.165) is 20.8 Å². The van der Waals surface area contributed by atoms with Gasteiger partial charge in [-0.25, -0.2) is 4.68 Å². The van der Waals surface area contributed by atoms with Crippen LogP contribution in [-0.2, 0) is 18.4 Å². The molecule has 1 aromatic carbocycles. The first-order valence-electron chi connectivity index (χ1n) is 7.93. The minimum atomic E-state index is -0.0754. The van der Waals surface area contributed by atoms with E-state index in [1.807, 2.05) is 42.8 Å². The lowest BCUT2D eigenvalue weighted by Gasteiger charge is -2.11. The topological polar surface area (TPSA) is 90.5 Å². The molecule has 0 aliphatic carbocycles. The van der Waals surface area contributed by atoms with Gasteiger partial charge in [-0.2, -0.15) is 5.10 Å². The van der Waals surface area contributed by atoms with Crippen LogP contribution in [-0.4, -0.2) is 35.9 Å². The molecule has 1 amide bonds. The molecule has 26 heavy (non-hydrogen) atoms. The fourth-order valence-corrected chi connectivity index (χ4v) is 3.58. The molecule has 0 atom stereocenters. The van der Waals surface area contributed by atoms with Gasteiger partial charge in [-0.3, -0.25) is 9.48 Å². The third kappa shape index (κ3) is 4.50. The summed E-state index contributed by atoms with van der Waals surface area (Å²) in [6.07, 6.45) is 0.337. The third-order valence-electron chi connectivity index (χ3n) is 3.65. The predicted molar refractivity (Wildman–Crippen MR) is 102 cm³/mol. The summed E-state index contributed by atoms with van der Waals surface area (Å²) in [7, 11) is 1.77. The molecule has 0 saturated heterocycles. The van der Waals surface area contributed by atoms with Crippen LogP contribution in [0.5, 0.6) is 0 Å². The highest BCUT2D eigenvalue weighted by molar-refractivity contribution is 9.10. The number of amides is 1. The van der Waals surface area contributed by atoms with Gasteiger partial charge < -0.3 is 5.32 Å². The number of nitrogens with one attached hydrogen (secondary N) is 1. The van der Waals surface area contributed by atoms with Crippen molar-refractivity contribution < 1.29 is 4.79 Å². The molecule has 0 radical (unpaired) electrons. The van der Waals surface area contributed by atoms with Gasteiger partial charge in [0, 0.05) is 35.1 Å². The smallest absolute Gasteiger partial charge is 0.226 e. The standard InChI is InChI=1S/C16H18BrN7OS/c1-10-8-11(2)24(20-10)7-6-15(25)18-13-9-12(17)4-5-14(13)26-16-19-21-22-23(16)3/h4-5,8-9H,6-7H2,1-3H3,(H,18,25). The Morgan fingerprint density at radius 2 is 2.12 bits per heavy atom. The maximum absolute atomic E-state index is 12.4. The van der Waals surface area contributed by atoms with E-state index in [9.17, 15) is 4.79 Å². The number of aromatic nitrogens is 6. The van der Waals surface area contributed by atoms with E-state index in [1.165, 1.54) is 11.8 Å². The molecule has 1 N–H and O–H groups in total. The number of halogens is 1. The first-order chi connectivity index (χ1) is 12.4. The molecule has 3 rings (SSSR count). The van der Waals surface area contributed by atoms with Crippen LogP contribution < -0.4 is 5.32 Å². The van der Waals surface area contributed by atoms with Gasteiger partial charge in [0.15, 0.2) is 0 Å². The van der Waals surface area contributed by atoms with Crippen LogP contribution in [0.3, 0.4) is 0 Å². The van der Waals surface area contributed by atoms with Crippen molar-refractivity contribution in [3.05, 3.63) is 40.1 Å². The van der Waals surface area contributed by atoms with Crippen LogP contribution in [0.4, 0.5) is 5.69 Å². The number of hydrogen-bond donors (Lipinski definition) is 1. The Morgan fingerprint density at radius 3 is 2.77 bits per heavy atom. The van der Waals surface area contributed by atoms with Gasteiger partial charge in [-0.05, 0) is 60.3 Å². The van der Waals surface area contributed by atoms with Gasteiger partial charge in [-0.15, -0.1) is 5.10 Å². The number of tetrazole rings is 1. The normalized spacial score (nSPS) is 10.9. The lowest BCUT2D eigenvalue weighted by Crippen LogP contribution is -2.16. The minimum Gasteiger partial charge on any atom is -0.325 e. The Bertz CT molecular complexity index is 937. The van der Waals surface area contributed by atoms with E-state index in [0.29, 0.717) is 23.8 Å². The van der Waals surface area contributed by atoms with E-state index < -0.39 is 0 Å². The Balaban J connectivity index is 1.70. The molecular weight excluding hydrogens is 418 g/mol. The van der Waals surface area contributed by atoms with Gasteiger partial charge >= 0.3 is 0 Å². The van der Waals surface area contributed by atoms with E-state index in [-0.39, 0.29) is 5.91 Å². The molecule has 0 aliphatic heterocycles. The lowest BCUT2D eigenvalue weighted by atomic mass is 10.3. The number of anilines is 1. The molecule has 3 aromatic rings. The summed E-state index contributed by atoms with van der Waals surface area (Å²) in [5, 5.41) is 19.4. The molecule has 136 valence electrons. The second-order valence-electron chi connectivity index (χ2n) is 5.78. The molecule has 2 heterocycles.